The molecule has 1 N–H and O–H groups in total. The SMILES string of the molecule is Cc1cc(N2CC(C)(OCC(=O)O)C2)nc(C(C)C)n1. The van der Waals surface area contributed by atoms with Crippen LogP contribution in [0.25, 0.3) is 0 Å². The van der Waals surface area contributed by atoms with E-state index in [1.54, 1.807) is 0 Å². The first kappa shape index (κ1) is 14.7. The second-order valence-electron chi connectivity index (χ2n) is 5.87. The van der Waals surface area contributed by atoms with Gasteiger partial charge in [0.05, 0.1) is 0 Å². The topological polar surface area (TPSA) is 75.5 Å². The van der Waals surface area contributed by atoms with Crippen molar-refractivity contribution in [2.45, 2.75) is 39.2 Å². The zero-order valence-corrected chi connectivity index (χ0v) is 12.4. The van der Waals surface area contributed by atoms with E-state index in [1.807, 2.05) is 19.9 Å². The third-order valence-electron chi connectivity index (χ3n) is 3.29. The highest BCUT2D eigenvalue weighted by Gasteiger charge is 2.41. The molecule has 0 saturated carbocycles. The van der Waals surface area contributed by atoms with Crippen molar-refractivity contribution < 1.29 is 14.6 Å². The summed E-state index contributed by atoms with van der Waals surface area (Å²) in [5.74, 6) is 1.06. The molecule has 1 aliphatic heterocycles. The van der Waals surface area contributed by atoms with Gasteiger partial charge in [-0.3, -0.25) is 0 Å². The molecule has 0 aromatic carbocycles. The summed E-state index contributed by atoms with van der Waals surface area (Å²) in [6.45, 7) is 9.04. The van der Waals surface area contributed by atoms with Crippen LogP contribution in [0.3, 0.4) is 0 Å². The van der Waals surface area contributed by atoms with Gasteiger partial charge in [-0.25, -0.2) is 14.8 Å². The Morgan fingerprint density at radius 3 is 2.70 bits per heavy atom. The minimum atomic E-state index is -0.940. The molecule has 1 aromatic heterocycles. The predicted molar refractivity (Wildman–Crippen MR) is 75.1 cm³/mol. The summed E-state index contributed by atoms with van der Waals surface area (Å²) < 4.78 is 5.40. The lowest BCUT2D eigenvalue weighted by Gasteiger charge is -2.48. The number of aryl methyl sites for hydroxylation is 1. The lowest BCUT2D eigenvalue weighted by atomic mass is 9.96. The van der Waals surface area contributed by atoms with Crippen LogP contribution >= 0.6 is 0 Å². The summed E-state index contributed by atoms with van der Waals surface area (Å²) in [5, 5.41) is 8.65. The second kappa shape index (κ2) is 5.36. The van der Waals surface area contributed by atoms with Crippen LogP contribution in [0.15, 0.2) is 6.07 Å². The monoisotopic (exact) mass is 279 g/mol. The third kappa shape index (κ3) is 3.25. The molecule has 1 saturated heterocycles. The van der Waals surface area contributed by atoms with Gasteiger partial charge in [0, 0.05) is 30.8 Å². The molecule has 6 nitrogen and oxygen atoms in total. The fourth-order valence-electron chi connectivity index (χ4n) is 2.25. The average molecular weight is 279 g/mol. The normalized spacial score (nSPS) is 17.1. The quantitative estimate of drug-likeness (QED) is 0.882. The third-order valence-corrected chi connectivity index (χ3v) is 3.29. The molecule has 0 spiro atoms. The van der Waals surface area contributed by atoms with Crippen molar-refractivity contribution in [2.75, 3.05) is 24.6 Å². The predicted octanol–water partition coefficient (Wildman–Crippen LogP) is 1.59. The second-order valence-corrected chi connectivity index (χ2v) is 5.87. The number of nitrogens with zero attached hydrogens (tertiary/aromatic N) is 3. The molecule has 0 aliphatic carbocycles. The fraction of sp³-hybridized carbons (Fsp3) is 0.643. The fourth-order valence-corrected chi connectivity index (χ4v) is 2.25. The van der Waals surface area contributed by atoms with Gasteiger partial charge in [0.2, 0.25) is 0 Å². The molecule has 6 heteroatoms. The first-order valence-electron chi connectivity index (χ1n) is 6.75. The Bertz CT molecular complexity index is 510. The van der Waals surface area contributed by atoms with Crippen LogP contribution in [0.5, 0.6) is 0 Å². The molecule has 0 atom stereocenters. The number of aliphatic carboxylic acids is 1. The van der Waals surface area contributed by atoms with Crippen molar-refractivity contribution in [3.05, 3.63) is 17.6 Å². The highest BCUT2D eigenvalue weighted by molar-refractivity contribution is 5.68. The van der Waals surface area contributed by atoms with E-state index < -0.39 is 11.6 Å². The van der Waals surface area contributed by atoms with E-state index in [-0.39, 0.29) is 12.5 Å². The Balaban J connectivity index is 2.03. The molecular weight excluding hydrogens is 258 g/mol. The minimum absolute atomic E-state index is 0.260. The lowest BCUT2D eigenvalue weighted by molar-refractivity contribution is -0.150. The van der Waals surface area contributed by atoms with Gasteiger partial charge >= 0.3 is 5.97 Å². The van der Waals surface area contributed by atoms with Gasteiger partial charge in [-0.1, -0.05) is 13.8 Å². The van der Waals surface area contributed by atoms with E-state index in [0.29, 0.717) is 13.1 Å². The van der Waals surface area contributed by atoms with Crippen LogP contribution in [0.1, 0.15) is 38.2 Å². The van der Waals surface area contributed by atoms with Crippen molar-refractivity contribution in [1.82, 2.24) is 9.97 Å². The summed E-state index contributed by atoms with van der Waals surface area (Å²) in [4.78, 5) is 21.6. The molecule has 2 rings (SSSR count). The maximum atomic E-state index is 10.5. The summed E-state index contributed by atoms with van der Waals surface area (Å²) in [6.07, 6.45) is 0. The standard InChI is InChI=1S/C14H21N3O3/c1-9(2)13-15-10(3)5-11(16-13)17-7-14(4,8-17)20-6-12(18)19/h5,9H,6-8H2,1-4H3,(H,18,19). The Labute approximate surface area is 118 Å². The Hall–Kier alpha value is -1.69. The van der Waals surface area contributed by atoms with Crippen molar-refractivity contribution in [3.8, 4) is 0 Å². The number of anilines is 1. The van der Waals surface area contributed by atoms with Gasteiger partial charge < -0.3 is 14.7 Å². The van der Waals surface area contributed by atoms with E-state index in [4.69, 9.17) is 9.84 Å². The number of carbonyl (C=O) groups is 1. The Morgan fingerprint density at radius 1 is 1.50 bits per heavy atom. The first-order chi connectivity index (χ1) is 9.29. The number of hydrogen-bond acceptors (Lipinski definition) is 5. The van der Waals surface area contributed by atoms with Gasteiger partial charge in [0.15, 0.2) is 0 Å². The molecule has 0 bridgehead atoms. The van der Waals surface area contributed by atoms with Gasteiger partial charge in [0.25, 0.3) is 0 Å². The largest absolute Gasteiger partial charge is 0.480 e. The molecule has 0 unspecified atom stereocenters. The van der Waals surface area contributed by atoms with E-state index in [9.17, 15) is 4.79 Å². The highest BCUT2D eigenvalue weighted by Crippen LogP contribution is 2.29. The molecule has 2 heterocycles. The zero-order valence-electron chi connectivity index (χ0n) is 12.4. The summed E-state index contributed by atoms with van der Waals surface area (Å²) in [5.41, 5.74) is 0.536. The Kier molecular flexibility index (Phi) is 3.94. The minimum Gasteiger partial charge on any atom is -0.480 e. The molecule has 1 fully saturated rings. The number of aromatic nitrogens is 2. The Morgan fingerprint density at radius 2 is 2.15 bits per heavy atom. The van der Waals surface area contributed by atoms with Crippen molar-refractivity contribution >= 4 is 11.8 Å². The maximum absolute atomic E-state index is 10.5. The average Bonchev–Trinajstić information content (AvgIpc) is 2.32. The number of carboxylic acids is 1. The van der Waals surface area contributed by atoms with Crippen LogP contribution in [-0.2, 0) is 9.53 Å². The molecule has 1 aliphatic rings. The highest BCUT2D eigenvalue weighted by atomic mass is 16.5. The molecule has 1 aromatic rings. The van der Waals surface area contributed by atoms with Gasteiger partial charge in [-0.05, 0) is 13.8 Å². The number of hydrogen-bond donors (Lipinski definition) is 1. The maximum Gasteiger partial charge on any atom is 0.329 e. The summed E-state index contributed by atoms with van der Waals surface area (Å²) in [6, 6.07) is 1.95. The molecule has 20 heavy (non-hydrogen) atoms. The molecule has 0 radical (unpaired) electrons. The van der Waals surface area contributed by atoms with Gasteiger partial charge in [-0.15, -0.1) is 0 Å². The molecule has 0 amide bonds. The van der Waals surface area contributed by atoms with Crippen LogP contribution in [-0.4, -0.2) is 46.3 Å². The van der Waals surface area contributed by atoms with E-state index in [2.05, 4.69) is 28.7 Å². The smallest absolute Gasteiger partial charge is 0.329 e. The summed E-state index contributed by atoms with van der Waals surface area (Å²) >= 11 is 0. The molecular formula is C14H21N3O3. The first-order valence-corrected chi connectivity index (χ1v) is 6.75. The number of rotatable bonds is 5. The van der Waals surface area contributed by atoms with Crippen molar-refractivity contribution in [1.29, 1.82) is 0 Å². The van der Waals surface area contributed by atoms with Crippen LogP contribution < -0.4 is 4.90 Å². The van der Waals surface area contributed by atoms with Gasteiger partial charge in [-0.2, -0.15) is 0 Å². The van der Waals surface area contributed by atoms with Crippen LogP contribution in [0.4, 0.5) is 5.82 Å². The van der Waals surface area contributed by atoms with Crippen molar-refractivity contribution in [3.63, 3.8) is 0 Å². The molecule has 110 valence electrons. The zero-order chi connectivity index (χ0) is 14.9. The van der Waals surface area contributed by atoms with Crippen LogP contribution in [0.2, 0.25) is 0 Å². The number of ether oxygens (including phenoxy) is 1. The van der Waals surface area contributed by atoms with Gasteiger partial charge in [0.1, 0.15) is 23.9 Å². The lowest BCUT2D eigenvalue weighted by Crippen LogP contribution is -2.62. The van der Waals surface area contributed by atoms with E-state index >= 15 is 0 Å². The van der Waals surface area contributed by atoms with E-state index in [0.717, 1.165) is 17.3 Å². The summed E-state index contributed by atoms with van der Waals surface area (Å²) in [7, 11) is 0. The van der Waals surface area contributed by atoms with E-state index in [1.165, 1.54) is 0 Å². The van der Waals surface area contributed by atoms with Crippen LogP contribution in [0, 0.1) is 6.92 Å². The number of carboxylic acid groups (broad SMARTS) is 1. The van der Waals surface area contributed by atoms with Crippen molar-refractivity contribution in [2.24, 2.45) is 0 Å².